The second-order valence-electron chi connectivity index (χ2n) is 6.04. The van der Waals surface area contributed by atoms with Crippen molar-refractivity contribution in [2.45, 2.75) is 32.4 Å². The lowest BCUT2D eigenvalue weighted by atomic mass is 9.99. The minimum absolute atomic E-state index is 0.00721. The van der Waals surface area contributed by atoms with Gasteiger partial charge in [0.25, 0.3) is 0 Å². The van der Waals surface area contributed by atoms with E-state index in [0.29, 0.717) is 0 Å². The van der Waals surface area contributed by atoms with Crippen LogP contribution in [0.5, 0.6) is 0 Å². The minimum atomic E-state index is -0.480. The summed E-state index contributed by atoms with van der Waals surface area (Å²) in [5.74, 6) is 0.0832. The molecule has 0 bridgehead atoms. The van der Waals surface area contributed by atoms with Gasteiger partial charge in [-0.3, -0.25) is 9.69 Å². The number of carbonyl (C=O) groups excluding carboxylic acids is 1. The van der Waals surface area contributed by atoms with Crippen LogP contribution in [0.15, 0.2) is 28.7 Å². The first-order valence-electron chi connectivity index (χ1n) is 7.43. The number of halogens is 1. The van der Waals surface area contributed by atoms with E-state index in [1.165, 1.54) is 0 Å². The molecule has 1 fully saturated rings. The summed E-state index contributed by atoms with van der Waals surface area (Å²) in [6.07, 6.45) is 0. The number of piperazine rings is 1. The van der Waals surface area contributed by atoms with Gasteiger partial charge >= 0.3 is 0 Å². The molecule has 0 spiro atoms. The number of carbonyl (C=O) groups is 1. The summed E-state index contributed by atoms with van der Waals surface area (Å²) in [5.41, 5.74) is 0.633. The zero-order valence-corrected chi connectivity index (χ0v) is 14.5. The Morgan fingerprint density at radius 3 is 2.43 bits per heavy atom. The van der Waals surface area contributed by atoms with E-state index in [1.807, 2.05) is 45.0 Å². The molecule has 1 aliphatic heterocycles. The lowest BCUT2D eigenvalue weighted by molar-refractivity contribution is -0.132. The molecule has 1 amide bonds. The smallest absolute Gasteiger partial charge is 0.240 e. The van der Waals surface area contributed by atoms with Crippen LogP contribution in [0, 0.1) is 0 Å². The number of hydrogen-bond acceptors (Lipinski definition) is 3. The molecule has 0 aromatic heterocycles. The molecule has 1 atom stereocenters. The summed E-state index contributed by atoms with van der Waals surface area (Å²) in [7, 11) is 0. The summed E-state index contributed by atoms with van der Waals surface area (Å²) in [4.78, 5) is 14.9. The van der Waals surface area contributed by atoms with Crippen LogP contribution in [0.25, 0.3) is 0 Å². The first kappa shape index (κ1) is 16.5. The van der Waals surface area contributed by atoms with E-state index in [4.69, 9.17) is 0 Å². The molecule has 4 nitrogen and oxygen atoms in total. The maximum Gasteiger partial charge on any atom is 0.240 e. The quantitative estimate of drug-likeness (QED) is 0.872. The van der Waals surface area contributed by atoms with Crippen molar-refractivity contribution in [3.63, 3.8) is 0 Å². The number of nitrogens with one attached hydrogen (secondary N) is 2. The molecule has 1 aromatic carbocycles. The van der Waals surface area contributed by atoms with Crippen molar-refractivity contribution in [3.05, 3.63) is 34.3 Å². The normalized spacial score (nSPS) is 18.3. The fraction of sp³-hybridized carbons (Fsp3) is 0.562. The van der Waals surface area contributed by atoms with Gasteiger partial charge in [0.1, 0.15) is 0 Å². The second kappa shape index (κ2) is 6.90. The van der Waals surface area contributed by atoms with Gasteiger partial charge in [-0.25, -0.2) is 0 Å². The van der Waals surface area contributed by atoms with Gasteiger partial charge in [0.2, 0.25) is 5.91 Å². The molecule has 1 unspecified atom stereocenters. The third-order valence-corrected chi connectivity index (χ3v) is 4.71. The molecule has 1 heterocycles. The van der Waals surface area contributed by atoms with Gasteiger partial charge in [-0.1, -0.05) is 28.1 Å². The molecular weight excluding hydrogens is 330 g/mol. The molecule has 0 saturated carbocycles. The van der Waals surface area contributed by atoms with Crippen LogP contribution in [-0.4, -0.2) is 42.5 Å². The second-order valence-corrected chi connectivity index (χ2v) is 6.96. The van der Waals surface area contributed by atoms with E-state index in [0.717, 1.165) is 36.2 Å². The van der Waals surface area contributed by atoms with Gasteiger partial charge in [0.05, 0.1) is 11.6 Å². The van der Waals surface area contributed by atoms with Crippen molar-refractivity contribution in [1.82, 2.24) is 15.5 Å². The molecular formula is C16H24BrN3O. The van der Waals surface area contributed by atoms with Gasteiger partial charge < -0.3 is 10.6 Å². The lowest BCUT2D eigenvalue weighted by Crippen LogP contribution is -2.60. The van der Waals surface area contributed by atoms with Crippen LogP contribution in [0.4, 0.5) is 0 Å². The van der Waals surface area contributed by atoms with Gasteiger partial charge in [0.15, 0.2) is 0 Å². The number of benzene rings is 1. The molecule has 5 heteroatoms. The number of rotatable bonds is 4. The Kier molecular flexibility index (Phi) is 5.41. The number of hydrogen-bond donors (Lipinski definition) is 2. The molecule has 0 aliphatic carbocycles. The molecule has 1 aliphatic rings. The molecule has 2 rings (SSSR count). The van der Waals surface area contributed by atoms with Crippen molar-refractivity contribution < 1.29 is 4.79 Å². The Morgan fingerprint density at radius 1 is 1.29 bits per heavy atom. The Bertz CT molecular complexity index is 481. The van der Waals surface area contributed by atoms with Crippen LogP contribution in [0.2, 0.25) is 0 Å². The molecule has 116 valence electrons. The maximum atomic E-state index is 12.6. The van der Waals surface area contributed by atoms with Crippen molar-refractivity contribution in [3.8, 4) is 0 Å². The Balaban J connectivity index is 2.00. The average Bonchev–Trinajstić information content (AvgIpc) is 2.48. The largest absolute Gasteiger partial charge is 0.348 e. The lowest BCUT2D eigenvalue weighted by Gasteiger charge is -2.40. The highest BCUT2D eigenvalue weighted by atomic mass is 79.9. The minimum Gasteiger partial charge on any atom is -0.348 e. The van der Waals surface area contributed by atoms with Crippen molar-refractivity contribution in [2.75, 3.05) is 26.2 Å². The van der Waals surface area contributed by atoms with Gasteiger partial charge in [-0.15, -0.1) is 0 Å². The summed E-state index contributed by atoms with van der Waals surface area (Å²) < 4.78 is 1.05. The van der Waals surface area contributed by atoms with Crippen LogP contribution in [0.1, 0.15) is 32.4 Å². The van der Waals surface area contributed by atoms with Crippen LogP contribution >= 0.6 is 15.9 Å². The van der Waals surface area contributed by atoms with Crippen molar-refractivity contribution >= 4 is 21.8 Å². The zero-order chi connectivity index (χ0) is 15.5. The Hall–Kier alpha value is -0.910. The summed E-state index contributed by atoms with van der Waals surface area (Å²) in [6, 6.07) is 8.08. The van der Waals surface area contributed by atoms with Crippen LogP contribution < -0.4 is 10.6 Å². The SMILES string of the molecule is CC(NC(=O)C(C)(C)N1CCNCC1)c1ccc(Br)cc1. The monoisotopic (exact) mass is 353 g/mol. The number of nitrogens with zero attached hydrogens (tertiary/aromatic N) is 1. The highest BCUT2D eigenvalue weighted by Gasteiger charge is 2.35. The van der Waals surface area contributed by atoms with E-state index in [1.54, 1.807) is 0 Å². The maximum absolute atomic E-state index is 12.6. The van der Waals surface area contributed by atoms with Crippen molar-refractivity contribution in [1.29, 1.82) is 0 Å². The third kappa shape index (κ3) is 4.05. The zero-order valence-electron chi connectivity index (χ0n) is 12.9. The summed E-state index contributed by atoms with van der Waals surface area (Å²) in [5, 5.41) is 6.46. The standard InChI is InChI=1S/C16H24BrN3O/c1-12(13-4-6-14(17)7-5-13)19-15(21)16(2,3)20-10-8-18-9-11-20/h4-7,12,18H,8-11H2,1-3H3,(H,19,21). The van der Waals surface area contributed by atoms with Gasteiger partial charge in [-0.2, -0.15) is 0 Å². The molecule has 0 radical (unpaired) electrons. The van der Waals surface area contributed by atoms with E-state index < -0.39 is 5.54 Å². The summed E-state index contributed by atoms with van der Waals surface area (Å²) in [6.45, 7) is 9.73. The van der Waals surface area contributed by atoms with E-state index in [9.17, 15) is 4.79 Å². The topological polar surface area (TPSA) is 44.4 Å². The van der Waals surface area contributed by atoms with Crippen LogP contribution in [-0.2, 0) is 4.79 Å². The highest BCUT2D eigenvalue weighted by molar-refractivity contribution is 9.10. The van der Waals surface area contributed by atoms with E-state index in [-0.39, 0.29) is 11.9 Å². The fourth-order valence-electron chi connectivity index (χ4n) is 2.58. The fourth-order valence-corrected chi connectivity index (χ4v) is 2.84. The van der Waals surface area contributed by atoms with Gasteiger partial charge in [0, 0.05) is 30.7 Å². The first-order chi connectivity index (χ1) is 9.91. The number of amides is 1. The predicted octanol–water partition coefficient (Wildman–Crippen LogP) is 2.31. The molecule has 1 aromatic rings. The summed E-state index contributed by atoms with van der Waals surface area (Å²) >= 11 is 3.43. The third-order valence-electron chi connectivity index (χ3n) is 4.18. The average molecular weight is 354 g/mol. The molecule has 2 N–H and O–H groups in total. The highest BCUT2D eigenvalue weighted by Crippen LogP contribution is 2.20. The van der Waals surface area contributed by atoms with Gasteiger partial charge in [-0.05, 0) is 38.5 Å². The Morgan fingerprint density at radius 2 is 1.86 bits per heavy atom. The first-order valence-corrected chi connectivity index (χ1v) is 8.23. The predicted molar refractivity (Wildman–Crippen MR) is 89.2 cm³/mol. The van der Waals surface area contributed by atoms with E-state index >= 15 is 0 Å². The van der Waals surface area contributed by atoms with Crippen molar-refractivity contribution in [2.24, 2.45) is 0 Å². The molecule has 21 heavy (non-hydrogen) atoms. The van der Waals surface area contributed by atoms with E-state index in [2.05, 4.69) is 31.5 Å². The molecule has 1 saturated heterocycles. The Labute approximate surface area is 135 Å². The van der Waals surface area contributed by atoms with Crippen LogP contribution in [0.3, 0.4) is 0 Å².